The summed E-state index contributed by atoms with van der Waals surface area (Å²) in [6.07, 6.45) is 4.04. The first-order valence-electron chi connectivity index (χ1n) is 6.89. The molecular formula is C13H20N2O4S2. The van der Waals surface area contributed by atoms with Crippen LogP contribution in [0.2, 0.25) is 0 Å². The van der Waals surface area contributed by atoms with Crippen LogP contribution in [0.4, 0.5) is 0 Å². The van der Waals surface area contributed by atoms with Gasteiger partial charge < -0.3 is 4.74 Å². The molecule has 0 spiro atoms. The largest absolute Gasteiger partial charge is 0.464 e. The molecular weight excluding hydrogens is 312 g/mol. The van der Waals surface area contributed by atoms with Gasteiger partial charge in [0.15, 0.2) is 9.90 Å². The van der Waals surface area contributed by atoms with Crippen LogP contribution in [0.3, 0.4) is 0 Å². The number of methoxy groups -OCH3 is 1. The summed E-state index contributed by atoms with van der Waals surface area (Å²) in [6.45, 7) is 2.07. The third kappa shape index (κ3) is 3.12. The molecule has 0 amide bonds. The van der Waals surface area contributed by atoms with E-state index in [0.29, 0.717) is 5.92 Å². The lowest BCUT2D eigenvalue weighted by atomic mass is 9.86. The molecule has 1 aromatic heterocycles. The van der Waals surface area contributed by atoms with Gasteiger partial charge >= 0.3 is 5.97 Å². The summed E-state index contributed by atoms with van der Waals surface area (Å²) < 4.78 is 31.5. The molecule has 2 unspecified atom stereocenters. The summed E-state index contributed by atoms with van der Waals surface area (Å²) in [4.78, 5) is 15.5. The number of hydrogen-bond acceptors (Lipinski definition) is 6. The number of thiazole rings is 1. The number of carbonyl (C=O) groups excluding carboxylic acids is 1. The molecule has 1 aromatic rings. The third-order valence-electron chi connectivity index (χ3n) is 4.06. The van der Waals surface area contributed by atoms with Gasteiger partial charge in [0.05, 0.1) is 12.6 Å². The molecule has 0 radical (unpaired) electrons. The highest BCUT2D eigenvalue weighted by Crippen LogP contribution is 2.32. The lowest BCUT2D eigenvalue weighted by molar-refractivity contribution is 0.0590. The molecule has 1 saturated carbocycles. The summed E-state index contributed by atoms with van der Waals surface area (Å²) in [5.41, 5.74) is 1.23. The predicted octanol–water partition coefficient (Wildman–Crippen LogP) is 2.13. The molecule has 2 rings (SSSR count). The first-order valence-corrected chi connectivity index (χ1v) is 9.21. The van der Waals surface area contributed by atoms with Crippen molar-refractivity contribution in [2.24, 2.45) is 5.92 Å². The van der Waals surface area contributed by atoms with Crippen molar-refractivity contribution >= 4 is 27.3 Å². The molecule has 6 nitrogen and oxygen atoms in total. The summed E-state index contributed by atoms with van der Waals surface area (Å²) in [5, 5.41) is 0. The van der Waals surface area contributed by atoms with Crippen molar-refractivity contribution in [3.63, 3.8) is 0 Å². The zero-order valence-electron chi connectivity index (χ0n) is 12.4. The standard InChI is InChI=1S/C13H20N2O4S2/c1-9-6-4-5-7-10(9)15(2)21(17,18)13-11(12(16)19-3)14-8-20-13/h8-10H,4-7H2,1-3H3. The van der Waals surface area contributed by atoms with E-state index in [-0.39, 0.29) is 15.9 Å². The highest BCUT2D eigenvalue weighted by atomic mass is 32.2. The van der Waals surface area contributed by atoms with Gasteiger partial charge in [-0.1, -0.05) is 19.8 Å². The van der Waals surface area contributed by atoms with Crippen molar-refractivity contribution in [2.75, 3.05) is 14.2 Å². The van der Waals surface area contributed by atoms with Gasteiger partial charge in [-0.05, 0) is 18.8 Å². The molecule has 0 aromatic carbocycles. The number of sulfonamides is 1. The molecule has 0 aliphatic heterocycles. The van der Waals surface area contributed by atoms with E-state index in [4.69, 9.17) is 0 Å². The smallest absolute Gasteiger partial charge is 0.358 e. The van der Waals surface area contributed by atoms with E-state index in [1.165, 1.54) is 16.9 Å². The fourth-order valence-electron chi connectivity index (χ4n) is 2.80. The quantitative estimate of drug-likeness (QED) is 0.790. The Morgan fingerprint density at radius 3 is 2.71 bits per heavy atom. The van der Waals surface area contributed by atoms with Gasteiger partial charge in [-0.3, -0.25) is 0 Å². The van der Waals surface area contributed by atoms with E-state index in [9.17, 15) is 13.2 Å². The van der Waals surface area contributed by atoms with E-state index in [1.807, 2.05) is 0 Å². The van der Waals surface area contributed by atoms with Crippen LogP contribution in [-0.2, 0) is 14.8 Å². The maximum Gasteiger partial charge on any atom is 0.358 e. The van der Waals surface area contributed by atoms with Crippen LogP contribution in [0.5, 0.6) is 0 Å². The average molecular weight is 332 g/mol. The maximum atomic E-state index is 12.8. The Hall–Kier alpha value is -0.990. The van der Waals surface area contributed by atoms with Crippen LogP contribution >= 0.6 is 11.3 Å². The van der Waals surface area contributed by atoms with Gasteiger partial charge in [-0.25, -0.2) is 18.2 Å². The first kappa shape index (κ1) is 16.4. The fourth-order valence-corrected chi connectivity index (χ4v) is 5.58. The second kappa shape index (κ2) is 6.41. The van der Waals surface area contributed by atoms with Crippen molar-refractivity contribution in [3.8, 4) is 0 Å². The monoisotopic (exact) mass is 332 g/mol. The number of hydrogen-bond donors (Lipinski definition) is 0. The molecule has 21 heavy (non-hydrogen) atoms. The number of ether oxygens (including phenoxy) is 1. The Bertz CT molecular complexity index is 611. The fraction of sp³-hybridized carbons (Fsp3) is 0.692. The zero-order chi connectivity index (χ0) is 15.6. The van der Waals surface area contributed by atoms with Crippen molar-refractivity contribution in [2.45, 2.75) is 42.9 Å². The Morgan fingerprint density at radius 1 is 1.43 bits per heavy atom. The number of aromatic nitrogens is 1. The van der Waals surface area contributed by atoms with Gasteiger partial charge in [-0.15, -0.1) is 11.3 Å². The first-order chi connectivity index (χ1) is 9.89. The van der Waals surface area contributed by atoms with Gasteiger partial charge in [-0.2, -0.15) is 4.31 Å². The lowest BCUT2D eigenvalue weighted by Gasteiger charge is -2.35. The summed E-state index contributed by atoms with van der Waals surface area (Å²) >= 11 is 0.952. The molecule has 8 heteroatoms. The molecule has 0 saturated heterocycles. The van der Waals surface area contributed by atoms with Crippen LogP contribution < -0.4 is 0 Å². The second-order valence-corrected chi connectivity index (χ2v) is 8.38. The number of esters is 1. The topological polar surface area (TPSA) is 76.6 Å². The Morgan fingerprint density at radius 2 is 2.10 bits per heavy atom. The van der Waals surface area contributed by atoms with Crippen LogP contribution in [0.1, 0.15) is 43.1 Å². The minimum absolute atomic E-state index is 0.0312. The van der Waals surface area contributed by atoms with Crippen molar-refractivity contribution < 1.29 is 17.9 Å². The molecule has 118 valence electrons. The molecule has 1 fully saturated rings. The van der Waals surface area contributed by atoms with Gasteiger partial charge in [0.2, 0.25) is 0 Å². The minimum atomic E-state index is -3.73. The number of carbonyl (C=O) groups is 1. The van der Waals surface area contributed by atoms with Crippen molar-refractivity contribution in [1.29, 1.82) is 0 Å². The Labute approximate surface area is 129 Å². The summed E-state index contributed by atoms with van der Waals surface area (Å²) in [7, 11) is -0.926. The predicted molar refractivity (Wildman–Crippen MR) is 79.8 cm³/mol. The van der Waals surface area contributed by atoms with E-state index < -0.39 is 16.0 Å². The molecule has 0 bridgehead atoms. The SMILES string of the molecule is COC(=O)c1ncsc1S(=O)(=O)N(C)C1CCCCC1C. The highest BCUT2D eigenvalue weighted by Gasteiger charge is 2.36. The lowest BCUT2D eigenvalue weighted by Crippen LogP contribution is -2.42. The highest BCUT2D eigenvalue weighted by molar-refractivity contribution is 7.91. The van der Waals surface area contributed by atoms with E-state index in [0.717, 1.165) is 37.0 Å². The summed E-state index contributed by atoms with van der Waals surface area (Å²) in [6, 6.07) is -0.0312. The van der Waals surface area contributed by atoms with Crippen molar-refractivity contribution in [3.05, 3.63) is 11.2 Å². The average Bonchev–Trinajstić information content (AvgIpc) is 2.96. The maximum absolute atomic E-state index is 12.8. The second-order valence-electron chi connectivity index (χ2n) is 5.33. The van der Waals surface area contributed by atoms with Crippen LogP contribution in [0, 0.1) is 5.92 Å². The van der Waals surface area contributed by atoms with Crippen LogP contribution in [0.25, 0.3) is 0 Å². The van der Waals surface area contributed by atoms with Gasteiger partial charge in [0.25, 0.3) is 10.0 Å². The minimum Gasteiger partial charge on any atom is -0.464 e. The third-order valence-corrected chi connectivity index (χ3v) is 7.29. The van der Waals surface area contributed by atoms with Crippen molar-refractivity contribution in [1.82, 2.24) is 9.29 Å². The van der Waals surface area contributed by atoms with E-state index in [1.54, 1.807) is 7.05 Å². The van der Waals surface area contributed by atoms with Gasteiger partial charge in [0, 0.05) is 13.1 Å². The molecule has 1 aliphatic carbocycles. The number of nitrogens with zero attached hydrogens (tertiary/aromatic N) is 2. The zero-order valence-corrected chi connectivity index (χ0v) is 14.0. The van der Waals surface area contributed by atoms with Gasteiger partial charge in [0.1, 0.15) is 0 Å². The van der Waals surface area contributed by atoms with Crippen LogP contribution in [0.15, 0.2) is 9.72 Å². The van der Waals surface area contributed by atoms with E-state index >= 15 is 0 Å². The van der Waals surface area contributed by atoms with E-state index in [2.05, 4.69) is 16.6 Å². The summed E-state index contributed by atoms with van der Waals surface area (Å²) in [5.74, 6) is -0.409. The molecule has 1 heterocycles. The molecule has 0 N–H and O–H groups in total. The van der Waals surface area contributed by atoms with Crippen LogP contribution in [-0.4, -0.2) is 43.9 Å². The Balaban J connectivity index is 2.33. The number of rotatable bonds is 4. The Kier molecular flexibility index (Phi) is 5.00. The molecule has 2 atom stereocenters. The molecule has 1 aliphatic rings. The normalized spacial score (nSPS) is 23.2.